The van der Waals surface area contributed by atoms with Crippen molar-refractivity contribution in [1.82, 2.24) is 0 Å². The first-order chi connectivity index (χ1) is 13.6. The lowest BCUT2D eigenvalue weighted by Gasteiger charge is -2.36. The second-order valence-corrected chi connectivity index (χ2v) is 10.9. The molecule has 2 aliphatic rings. The predicted molar refractivity (Wildman–Crippen MR) is 125 cm³/mol. The van der Waals surface area contributed by atoms with Gasteiger partial charge in [0.25, 0.3) is 0 Å². The van der Waals surface area contributed by atoms with Crippen LogP contribution in [0.25, 0.3) is 0 Å². The van der Waals surface area contributed by atoms with Gasteiger partial charge >= 0.3 is 0 Å². The molecule has 0 saturated carbocycles. The number of hydrogen-bond donors (Lipinski definition) is 0. The van der Waals surface area contributed by atoms with E-state index in [4.69, 9.17) is 0 Å². The molecule has 0 aromatic heterocycles. The fraction of sp³-hybridized carbons (Fsp3) is 1.00. The number of hydrogen-bond acceptors (Lipinski definition) is 0. The monoisotopic (exact) mass is 473 g/mol. The number of quaternary nitrogens is 2. The highest BCUT2D eigenvalue weighted by Crippen LogP contribution is 2.19. The van der Waals surface area contributed by atoms with Gasteiger partial charge in [0, 0.05) is 0 Å². The molecule has 0 N–H and O–H groups in total. The number of halogens is 1. The summed E-state index contributed by atoms with van der Waals surface area (Å²) in [5, 5.41) is 0. The van der Waals surface area contributed by atoms with Crippen LogP contribution in [0.1, 0.15) is 116 Å². The molecule has 2 nitrogen and oxygen atoms in total. The van der Waals surface area contributed by atoms with Crippen molar-refractivity contribution in [3.63, 3.8) is 0 Å². The summed E-state index contributed by atoms with van der Waals surface area (Å²) in [6.07, 6.45) is 26.6. The van der Waals surface area contributed by atoms with Crippen LogP contribution in [0.3, 0.4) is 0 Å². The number of unbranched alkanes of at least 4 members (excludes halogenated alkanes) is 7. The number of likely N-dealkylation sites (tertiary alicyclic amines) is 2. The molecule has 2 saturated heterocycles. The second-order valence-electron chi connectivity index (χ2n) is 10.9. The zero-order valence-electron chi connectivity index (χ0n) is 20.2. The SMILES string of the molecule is C[N+]1(CCCCCCCCCC[N+]2(C)CCCCCCC2)CCCCCCC1.[Br-]. The summed E-state index contributed by atoms with van der Waals surface area (Å²) >= 11 is 0. The fourth-order valence-electron chi connectivity index (χ4n) is 5.75. The van der Waals surface area contributed by atoms with Gasteiger partial charge in [-0.3, -0.25) is 0 Å². The summed E-state index contributed by atoms with van der Waals surface area (Å²) < 4.78 is 2.74. The van der Waals surface area contributed by atoms with E-state index in [-0.39, 0.29) is 17.0 Å². The van der Waals surface area contributed by atoms with Crippen LogP contribution < -0.4 is 17.0 Å². The van der Waals surface area contributed by atoms with Crippen LogP contribution in [0.4, 0.5) is 0 Å². The molecule has 2 heterocycles. The molecule has 0 unspecified atom stereocenters. The molecule has 0 amide bonds. The van der Waals surface area contributed by atoms with Gasteiger partial charge < -0.3 is 25.9 Å². The van der Waals surface area contributed by atoms with Crippen LogP contribution in [-0.4, -0.2) is 62.3 Å². The van der Waals surface area contributed by atoms with Crippen molar-refractivity contribution in [3.8, 4) is 0 Å². The highest BCUT2D eigenvalue weighted by atomic mass is 79.9. The Balaban J connectivity index is 0.00000420. The summed E-state index contributed by atoms with van der Waals surface area (Å²) in [5.74, 6) is 0. The van der Waals surface area contributed by atoms with E-state index in [1.807, 2.05) is 0 Å². The van der Waals surface area contributed by atoms with Crippen molar-refractivity contribution >= 4 is 0 Å². The van der Waals surface area contributed by atoms with Crippen LogP contribution in [-0.2, 0) is 0 Å². The first-order valence-electron chi connectivity index (χ1n) is 13.3. The Labute approximate surface area is 194 Å². The minimum atomic E-state index is 0. The van der Waals surface area contributed by atoms with Gasteiger partial charge in [0.1, 0.15) is 0 Å². The lowest BCUT2D eigenvalue weighted by atomic mass is 10.0. The van der Waals surface area contributed by atoms with Crippen molar-refractivity contribution < 1.29 is 25.9 Å². The summed E-state index contributed by atoms with van der Waals surface area (Å²) in [6, 6.07) is 0. The van der Waals surface area contributed by atoms with Gasteiger partial charge in [-0.05, 0) is 77.0 Å². The van der Waals surface area contributed by atoms with Crippen LogP contribution in [0.5, 0.6) is 0 Å². The van der Waals surface area contributed by atoms with Crippen molar-refractivity contribution in [2.75, 3.05) is 53.4 Å². The van der Waals surface area contributed by atoms with Crippen LogP contribution in [0.2, 0.25) is 0 Å². The molecule has 0 aromatic carbocycles. The van der Waals surface area contributed by atoms with Gasteiger partial charge in [-0.25, -0.2) is 0 Å². The predicted octanol–water partition coefficient (Wildman–Crippen LogP) is 3.93. The van der Waals surface area contributed by atoms with Gasteiger partial charge in [-0.15, -0.1) is 0 Å². The quantitative estimate of drug-likeness (QED) is 0.314. The Kier molecular flexibility index (Phi) is 15.2. The Morgan fingerprint density at radius 2 is 0.621 bits per heavy atom. The molecular weight excluding hydrogens is 420 g/mol. The molecule has 2 fully saturated rings. The van der Waals surface area contributed by atoms with E-state index < -0.39 is 0 Å². The van der Waals surface area contributed by atoms with Gasteiger partial charge in [-0.1, -0.05) is 38.5 Å². The summed E-state index contributed by atoms with van der Waals surface area (Å²) in [5.41, 5.74) is 0. The Morgan fingerprint density at radius 3 is 0.931 bits per heavy atom. The van der Waals surface area contributed by atoms with Crippen LogP contribution >= 0.6 is 0 Å². The highest BCUT2D eigenvalue weighted by Gasteiger charge is 2.22. The lowest BCUT2D eigenvalue weighted by molar-refractivity contribution is -0.910. The Morgan fingerprint density at radius 1 is 0.379 bits per heavy atom. The second kappa shape index (κ2) is 16.1. The van der Waals surface area contributed by atoms with Gasteiger partial charge in [0.05, 0.1) is 53.4 Å². The van der Waals surface area contributed by atoms with Crippen LogP contribution in [0, 0.1) is 0 Å². The van der Waals surface area contributed by atoms with E-state index in [9.17, 15) is 0 Å². The molecule has 0 aromatic rings. The lowest BCUT2D eigenvalue weighted by Crippen LogP contribution is -3.00. The maximum Gasteiger partial charge on any atom is 0.0784 e. The number of rotatable bonds is 11. The normalized spacial score (nSPS) is 22.6. The van der Waals surface area contributed by atoms with E-state index in [1.54, 1.807) is 0 Å². The summed E-state index contributed by atoms with van der Waals surface area (Å²) in [4.78, 5) is 0. The third-order valence-electron chi connectivity index (χ3n) is 7.94. The molecule has 0 spiro atoms. The third-order valence-corrected chi connectivity index (χ3v) is 7.94. The molecule has 0 atom stereocenters. The smallest absolute Gasteiger partial charge is 0.0784 e. The molecule has 0 bridgehead atoms. The maximum absolute atomic E-state index is 2.53. The average Bonchev–Trinajstić information content (AvgIpc) is 2.64. The number of nitrogens with zero attached hydrogens (tertiary/aromatic N) is 2. The molecule has 0 radical (unpaired) electrons. The molecular formula is C26H54BrN2+. The van der Waals surface area contributed by atoms with Gasteiger partial charge in [0.15, 0.2) is 0 Å². The Hall–Kier alpha value is 0.400. The maximum atomic E-state index is 2.53. The molecule has 0 aliphatic carbocycles. The molecule has 2 rings (SSSR count). The van der Waals surface area contributed by atoms with Gasteiger partial charge in [0.2, 0.25) is 0 Å². The largest absolute Gasteiger partial charge is 1.00 e. The van der Waals surface area contributed by atoms with Crippen LogP contribution in [0.15, 0.2) is 0 Å². The first kappa shape index (κ1) is 27.4. The minimum absolute atomic E-state index is 0. The van der Waals surface area contributed by atoms with Crippen molar-refractivity contribution in [1.29, 1.82) is 0 Å². The van der Waals surface area contributed by atoms with E-state index in [0.29, 0.717) is 0 Å². The zero-order chi connectivity index (χ0) is 20.0. The minimum Gasteiger partial charge on any atom is -1.00 e. The highest BCUT2D eigenvalue weighted by molar-refractivity contribution is 4.54. The van der Waals surface area contributed by atoms with E-state index in [2.05, 4.69) is 14.1 Å². The summed E-state index contributed by atoms with van der Waals surface area (Å²) in [6.45, 7) is 8.65. The van der Waals surface area contributed by atoms with Gasteiger partial charge in [-0.2, -0.15) is 0 Å². The zero-order valence-corrected chi connectivity index (χ0v) is 21.8. The Bertz CT molecular complexity index is 333. The first-order valence-corrected chi connectivity index (χ1v) is 13.3. The third kappa shape index (κ3) is 12.8. The standard InChI is InChI=1S/C26H54N2.BrH/c1-27(23-17-11-7-12-18-24-27)21-15-9-5-3-4-6-10-16-22-28(2)25-19-13-8-14-20-26-28;/h3-26H2,1-2H3;1H/q+2;/p-1. The van der Waals surface area contributed by atoms with Crippen molar-refractivity contribution in [3.05, 3.63) is 0 Å². The van der Waals surface area contributed by atoms with Crippen molar-refractivity contribution in [2.45, 2.75) is 116 Å². The molecule has 2 aliphatic heterocycles. The fourth-order valence-corrected chi connectivity index (χ4v) is 5.75. The molecule has 174 valence electrons. The van der Waals surface area contributed by atoms with E-state index in [0.717, 1.165) is 0 Å². The van der Waals surface area contributed by atoms with E-state index >= 15 is 0 Å². The summed E-state index contributed by atoms with van der Waals surface area (Å²) in [7, 11) is 5.06. The topological polar surface area (TPSA) is 0 Å². The van der Waals surface area contributed by atoms with Crippen molar-refractivity contribution in [2.24, 2.45) is 0 Å². The average molecular weight is 475 g/mol. The molecule has 3 heteroatoms. The van der Waals surface area contributed by atoms with E-state index in [1.165, 1.54) is 164 Å². The molecule has 29 heavy (non-hydrogen) atoms.